The van der Waals surface area contributed by atoms with E-state index in [0.29, 0.717) is 5.92 Å². The van der Waals surface area contributed by atoms with E-state index in [2.05, 4.69) is 11.1 Å². The molecule has 3 heteroatoms. The second-order valence-electron chi connectivity index (χ2n) is 5.03. The molecule has 2 rings (SSSR count). The summed E-state index contributed by atoms with van der Waals surface area (Å²) >= 11 is 0. The van der Waals surface area contributed by atoms with Crippen molar-refractivity contribution in [2.24, 2.45) is 5.92 Å². The molecule has 0 N–H and O–H groups in total. The first kappa shape index (κ1) is 12.1. The summed E-state index contributed by atoms with van der Waals surface area (Å²) in [7, 11) is 0. The van der Waals surface area contributed by atoms with Gasteiger partial charge < -0.3 is 4.90 Å². The van der Waals surface area contributed by atoms with E-state index in [1.54, 1.807) is 0 Å². The van der Waals surface area contributed by atoms with Crippen molar-refractivity contribution >= 4 is 5.91 Å². The average Bonchev–Trinajstić information content (AvgIpc) is 2.39. The highest BCUT2D eigenvalue weighted by Crippen LogP contribution is 2.25. The Labute approximate surface area is 103 Å². The van der Waals surface area contributed by atoms with E-state index in [4.69, 9.17) is 0 Å². The Morgan fingerprint density at radius 1 is 1.47 bits per heavy atom. The van der Waals surface area contributed by atoms with Crippen molar-refractivity contribution in [3.8, 4) is 0 Å². The van der Waals surface area contributed by atoms with Crippen molar-refractivity contribution in [2.45, 2.75) is 32.6 Å². The van der Waals surface area contributed by atoms with Gasteiger partial charge in [-0.15, -0.1) is 0 Å². The molecular formula is C14H20N2O. The van der Waals surface area contributed by atoms with Crippen LogP contribution in [0.15, 0.2) is 24.4 Å². The summed E-state index contributed by atoms with van der Waals surface area (Å²) in [5, 5.41) is 0. The molecule has 0 aliphatic carbocycles. The van der Waals surface area contributed by atoms with Crippen LogP contribution in [0.25, 0.3) is 0 Å². The molecule has 1 amide bonds. The number of rotatable bonds is 2. The third-order valence-corrected chi connectivity index (χ3v) is 3.33. The second kappa shape index (κ2) is 5.30. The van der Waals surface area contributed by atoms with Crippen molar-refractivity contribution in [2.75, 3.05) is 13.1 Å². The number of aromatic nitrogens is 1. The number of nitrogens with zero attached hydrogens (tertiary/aromatic N) is 2. The van der Waals surface area contributed by atoms with Gasteiger partial charge in [0.1, 0.15) is 0 Å². The summed E-state index contributed by atoms with van der Waals surface area (Å²) in [6.45, 7) is 5.66. The van der Waals surface area contributed by atoms with Crippen molar-refractivity contribution in [3.63, 3.8) is 0 Å². The normalized spacial score (nSPS) is 20.6. The van der Waals surface area contributed by atoms with E-state index in [-0.39, 0.29) is 11.8 Å². The lowest BCUT2D eigenvalue weighted by Gasteiger charge is -2.33. The number of amides is 1. The fourth-order valence-electron chi connectivity index (χ4n) is 2.40. The molecular weight excluding hydrogens is 212 g/mol. The molecule has 2 heterocycles. The van der Waals surface area contributed by atoms with Crippen molar-refractivity contribution in [1.29, 1.82) is 0 Å². The Morgan fingerprint density at radius 3 is 2.94 bits per heavy atom. The first-order chi connectivity index (χ1) is 8.18. The van der Waals surface area contributed by atoms with Gasteiger partial charge in [0.2, 0.25) is 5.91 Å². The molecule has 1 aromatic rings. The average molecular weight is 232 g/mol. The third-order valence-electron chi connectivity index (χ3n) is 3.33. The molecule has 1 fully saturated rings. The number of hydrogen-bond acceptors (Lipinski definition) is 2. The van der Waals surface area contributed by atoms with Crippen LogP contribution in [0.4, 0.5) is 0 Å². The third kappa shape index (κ3) is 2.84. The minimum absolute atomic E-state index is 0.0949. The fraction of sp³-hybridized carbons (Fsp3) is 0.571. The fourth-order valence-corrected chi connectivity index (χ4v) is 2.40. The first-order valence-corrected chi connectivity index (χ1v) is 6.38. The molecule has 1 unspecified atom stereocenters. The lowest BCUT2D eigenvalue weighted by Crippen LogP contribution is -2.41. The zero-order valence-corrected chi connectivity index (χ0v) is 10.6. The van der Waals surface area contributed by atoms with Gasteiger partial charge >= 0.3 is 0 Å². The minimum atomic E-state index is 0.0949. The Hall–Kier alpha value is -1.38. The Bertz CT molecular complexity index is 375. The smallest absolute Gasteiger partial charge is 0.225 e. The lowest BCUT2D eigenvalue weighted by molar-refractivity contribution is -0.135. The number of carbonyl (C=O) groups excluding carboxylic acids is 1. The summed E-state index contributed by atoms with van der Waals surface area (Å²) in [4.78, 5) is 18.4. The quantitative estimate of drug-likeness (QED) is 0.784. The zero-order chi connectivity index (χ0) is 12.3. The summed E-state index contributed by atoms with van der Waals surface area (Å²) in [5.41, 5.74) is 1.12. The monoisotopic (exact) mass is 232 g/mol. The van der Waals surface area contributed by atoms with Gasteiger partial charge in [-0.2, -0.15) is 0 Å². The highest BCUT2D eigenvalue weighted by molar-refractivity contribution is 5.78. The van der Waals surface area contributed by atoms with Crippen molar-refractivity contribution in [3.05, 3.63) is 30.1 Å². The SMILES string of the molecule is CC(C)C(=O)N1CCCC(c2ccccn2)C1. The van der Waals surface area contributed by atoms with Gasteiger partial charge in [0.15, 0.2) is 0 Å². The molecule has 92 valence electrons. The Morgan fingerprint density at radius 2 is 2.29 bits per heavy atom. The number of carbonyl (C=O) groups is 1. The van der Waals surface area contributed by atoms with Crippen molar-refractivity contribution in [1.82, 2.24) is 9.88 Å². The van der Waals surface area contributed by atoms with Crippen LogP contribution in [0.3, 0.4) is 0 Å². The van der Waals surface area contributed by atoms with Crippen molar-refractivity contribution < 1.29 is 4.79 Å². The Kier molecular flexibility index (Phi) is 3.77. The van der Waals surface area contributed by atoms with Gasteiger partial charge in [0.25, 0.3) is 0 Å². The second-order valence-corrected chi connectivity index (χ2v) is 5.03. The summed E-state index contributed by atoms with van der Waals surface area (Å²) in [5.74, 6) is 0.774. The van der Waals surface area contributed by atoms with Gasteiger partial charge in [-0.3, -0.25) is 9.78 Å². The van der Waals surface area contributed by atoms with E-state index in [1.807, 2.05) is 37.1 Å². The highest BCUT2D eigenvalue weighted by Gasteiger charge is 2.26. The molecule has 0 radical (unpaired) electrons. The Balaban J connectivity index is 2.05. The van der Waals surface area contributed by atoms with Gasteiger partial charge in [-0.1, -0.05) is 19.9 Å². The summed E-state index contributed by atoms with van der Waals surface area (Å²) in [6.07, 6.45) is 4.05. The van der Waals surface area contributed by atoms with Crippen LogP contribution in [-0.2, 0) is 4.79 Å². The number of likely N-dealkylation sites (tertiary alicyclic amines) is 1. The molecule has 3 nitrogen and oxygen atoms in total. The predicted octanol–water partition coefficient (Wildman–Crippen LogP) is 2.44. The molecule has 0 spiro atoms. The van der Waals surface area contributed by atoms with Crippen LogP contribution in [0, 0.1) is 5.92 Å². The van der Waals surface area contributed by atoms with Crippen LogP contribution in [0.1, 0.15) is 38.3 Å². The molecule has 0 saturated carbocycles. The summed E-state index contributed by atoms with van der Waals surface area (Å²) < 4.78 is 0. The number of hydrogen-bond donors (Lipinski definition) is 0. The number of piperidine rings is 1. The van der Waals surface area contributed by atoms with E-state index < -0.39 is 0 Å². The standard InChI is InChI=1S/C14H20N2O/c1-11(2)14(17)16-9-5-6-12(10-16)13-7-3-4-8-15-13/h3-4,7-8,11-12H,5-6,9-10H2,1-2H3. The number of pyridine rings is 1. The first-order valence-electron chi connectivity index (χ1n) is 6.38. The molecule has 1 saturated heterocycles. The molecule has 1 atom stereocenters. The van der Waals surface area contributed by atoms with Gasteiger partial charge in [-0.05, 0) is 25.0 Å². The van der Waals surface area contributed by atoms with Crippen LogP contribution in [0.5, 0.6) is 0 Å². The van der Waals surface area contributed by atoms with Gasteiger partial charge in [0.05, 0.1) is 0 Å². The maximum atomic E-state index is 12.0. The largest absolute Gasteiger partial charge is 0.342 e. The van der Waals surface area contributed by atoms with Crippen LogP contribution in [-0.4, -0.2) is 28.9 Å². The summed E-state index contributed by atoms with van der Waals surface area (Å²) in [6, 6.07) is 6.02. The molecule has 1 aliphatic heterocycles. The van der Waals surface area contributed by atoms with Gasteiger partial charge in [0, 0.05) is 36.8 Å². The van der Waals surface area contributed by atoms with E-state index >= 15 is 0 Å². The maximum Gasteiger partial charge on any atom is 0.225 e. The van der Waals surface area contributed by atoms with Gasteiger partial charge in [-0.25, -0.2) is 0 Å². The topological polar surface area (TPSA) is 33.2 Å². The van der Waals surface area contributed by atoms with Crippen LogP contribution >= 0.6 is 0 Å². The lowest BCUT2D eigenvalue weighted by atomic mass is 9.93. The highest BCUT2D eigenvalue weighted by atomic mass is 16.2. The van der Waals surface area contributed by atoms with Crippen LogP contribution in [0.2, 0.25) is 0 Å². The molecule has 0 aromatic carbocycles. The maximum absolute atomic E-state index is 12.0. The predicted molar refractivity (Wildman–Crippen MR) is 67.6 cm³/mol. The van der Waals surface area contributed by atoms with E-state index in [9.17, 15) is 4.79 Å². The van der Waals surface area contributed by atoms with Crippen LogP contribution < -0.4 is 0 Å². The molecule has 1 aromatic heterocycles. The molecule has 1 aliphatic rings. The zero-order valence-electron chi connectivity index (χ0n) is 10.6. The molecule has 17 heavy (non-hydrogen) atoms. The molecule has 0 bridgehead atoms. The van der Waals surface area contributed by atoms with E-state index in [0.717, 1.165) is 31.6 Å². The van der Waals surface area contributed by atoms with E-state index in [1.165, 1.54) is 0 Å². The minimum Gasteiger partial charge on any atom is -0.342 e.